The van der Waals surface area contributed by atoms with E-state index in [1.165, 1.54) is 27.8 Å². The largest absolute Gasteiger partial charge is 0.309 e. The molecular weight excluding hydrogens is 503 g/mol. The summed E-state index contributed by atoms with van der Waals surface area (Å²) in [5, 5.41) is 4.74. The van der Waals surface area contributed by atoms with Gasteiger partial charge in [-0.25, -0.2) is 0 Å². The third kappa shape index (κ3) is 3.45. The van der Waals surface area contributed by atoms with E-state index in [1.54, 1.807) is 0 Å². The zero-order valence-electron chi connectivity index (χ0n) is 21.9. The van der Waals surface area contributed by atoms with Gasteiger partial charge in [-0.3, -0.25) is 0 Å². The van der Waals surface area contributed by atoms with Gasteiger partial charge in [-0.05, 0) is 44.2 Å². The Morgan fingerprint density at radius 2 is 1.40 bits per heavy atom. The maximum Gasteiger partial charge on any atom is 0.171 e. The predicted molar refractivity (Wildman–Crippen MR) is 170 cm³/mol. The molecule has 5 aromatic rings. The molecule has 3 aliphatic rings. The fourth-order valence-corrected chi connectivity index (χ4v) is 9.65. The summed E-state index contributed by atoms with van der Waals surface area (Å²) in [6.45, 7) is 0. The molecule has 190 valence electrons. The lowest BCUT2D eigenvalue weighted by atomic mass is 9.68. The van der Waals surface area contributed by atoms with E-state index in [-0.39, 0.29) is 0 Å². The minimum Gasteiger partial charge on any atom is -0.309 e. The van der Waals surface area contributed by atoms with E-state index in [4.69, 9.17) is 0 Å². The number of hydrogen-bond donors (Lipinski definition) is 0. The molecule has 0 radical (unpaired) electrons. The zero-order valence-corrected chi connectivity index (χ0v) is 22.8. The molecule has 0 saturated carbocycles. The maximum absolute atomic E-state index is 15.3. The summed E-state index contributed by atoms with van der Waals surface area (Å²) in [6, 6.07) is 37.3. The monoisotopic (exact) mass is 530 g/mol. The Labute approximate surface area is 234 Å². The Kier molecular flexibility index (Phi) is 5.30. The average molecular weight is 531 g/mol. The summed E-state index contributed by atoms with van der Waals surface area (Å²) in [7, 11) is -3.12. The summed E-state index contributed by atoms with van der Waals surface area (Å²) in [5.41, 5.74) is 7.80. The van der Waals surface area contributed by atoms with E-state index < -0.39 is 7.14 Å². The molecule has 5 aromatic carbocycles. The van der Waals surface area contributed by atoms with E-state index in [2.05, 4.69) is 97.1 Å². The van der Waals surface area contributed by atoms with Gasteiger partial charge in [-0.1, -0.05) is 152 Å². The molecule has 2 heteroatoms. The molecule has 3 unspecified atom stereocenters. The number of benzene rings is 5. The third-order valence-corrected chi connectivity index (χ3v) is 11.8. The van der Waals surface area contributed by atoms with Crippen molar-refractivity contribution in [2.75, 3.05) is 0 Å². The lowest BCUT2D eigenvalue weighted by molar-refractivity contribution is 0.592. The van der Waals surface area contributed by atoms with E-state index in [0.717, 1.165) is 32.2 Å². The molecule has 0 amide bonds. The first-order valence-electron chi connectivity index (χ1n) is 13.9. The van der Waals surface area contributed by atoms with Gasteiger partial charge in [0.05, 0.1) is 0 Å². The Morgan fingerprint density at radius 1 is 0.625 bits per heavy atom. The summed E-state index contributed by atoms with van der Waals surface area (Å²) < 4.78 is 15.3. The maximum atomic E-state index is 15.3. The van der Waals surface area contributed by atoms with Crippen LogP contribution in [0.4, 0.5) is 0 Å². The van der Waals surface area contributed by atoms with Crippen LogP contribution in [-0.4, -0.2) is 0 Å². The topological polar surface area (TPSA) is 17.1 Å². The van der Waals surface area contributed by atoms with Crippen molar-refractivity contribution in [2.45, 2.75) is 5.92 Å². The fraction of sp³-hybridized carbons (Fsp3) is 0.0526. The van der Waals surface area contributed by atoms with Crippen molar-refractivity contribution in [1.29, 1.82) is 0 Å². The molecule has 0 heterocycles. The second-order valence-electron chi connectivity index (χ2n) is 10.8. The van der Waals surface area contributed by atoms with Crippen LogP contribution in [0.2, 0.25) is 0 Å². The molecule has 0 aromatic heterocycles. The highest BCUT2D eigenvalue weighted by atomic mass is 31.2. The molecule has 0 N–H and O–H groups in total. The Balaban J connectivity index is 1.28. The molecule has 3 aliphatic carbocycles. The highest BCUT2D eigenvalue weighted by molar-refractivity contribution is 7.85. The molecule has 1 nitrogen and oxygen atoms in total. The minimum absolute atomic E-state index is 0.383. The number of allylic oxidation sites excluding steroid dienone is 6. The van der Waals surface area contributed by atoms with Gasteiger partial charge in [0.1, 0.15) is 0 Å². The zero-order chi connectivity index (χ0) is 26.7. The highest BCUT2D eigenvalue weighted by Crippen LogP contribution is 2.49. The van der Waals surface area contributed by atoms with Crippen LogP contribution < -0.4 is 15.9 Å². The molecule has 3 atom stereocenters. The average Bonchev–Trinajstić information content (AvgIpc) is 3.03. The highest BCUT2D eigenvalue weighted by Gasteiger charge is 2.34. The van der Waals surface area contributed by atoms with Crippen LogP contribution in [0.3, 0.4) is 0 Å². The van der Waals surface area contributed by atoms with Crippen LogP contribution in [0.15, 0.2) is 145 Å². The van der Waals surface area contributed by atoms with Crippen molar-refractivity contribution in [1.82, 2.24) is 0 Å². The standard InChI is InChI=1S/C38H27OP/c39-40(31-12-2-1-3-13-31,36-15-7-9-26-8-4-5-14-34(26)36)32-22-18-27(19-23-32)33-24-20-30-17-16-28-10-6-11-29-21-25-35(33)38(30)37(28)29/h1-25,29,37H. The summed E-state index contributed by atoms with van der Waals surface area (Å²) in [4.78, 5) is 0. The fourth-order valence-electron chi connectivity index (χ4n) is 6.79. The van der Waals surface area contributed by atoms with Gasteiger partial charge in [0.15, 0.2) is 7.14 Å². The Morgan fingerprint density at radius 3 is 2.27 bits per heavy atom. The minimum atomic E-state index is -3.12. The van der Waals surface area contributed by atoms with E-state index in [1.807, 2.05) is 54.6 Å². The second kappa shape index (κ2) is 9.05. The number of hydrogen-bond acceptors (Lipinski definition) is 1. The van der Waals surface area contributed by atoms with Gasteiger partial charge in [0, 0.05) is 27.7 Å². The normalized spacial score (nSPS) is 19.6. The Hall–Kier alpha value is -4.45. The number of rotatable bonds is 4. The lowest BCUT2D eigenvalue weighted by Crippen LogP contribution is -2.25. The molecule has 0 fully saturated rings. The van der Waals surface area contributed by atoms with Gasteiger partial charge in [0.25, 0.3) is 0 Å². The lowest BCUT2D eigenvalue weighted by Gasteiger charge is -2.35. The van der Waals surface area contributed by atoms with Gasteiger partial charge < -0.3 is 4.57 Å². The SMILES string of the molecule is O=P(c1ccccc1)(c1ccc(-c2ccc3c4c2C=CC2C=CC=C(C=C3)C42)cc1)c1cccc2ccccc12. The van der Waals surface area contributed by atoms with Gasteiger partial charge in [-0.15, -0.1) is 0 Å². The quantitative estimate of drug-likeness (QED) is 0.213. The van der Waals surface area contributed by atoms with Gasteiger partial charge in [0.2, 0.25) is 0 Å². The van der Waals surface area contributed by atoms with Gasteiger partial charge >= 0.3 is 0 Å². The van der Waals surface area contributed by atoms with Crippen LogP contribution in [0.1, 0.15) is 22.6 Å². The van der Waals surface area contributed by atoms with Crippen molar-refractivity contribution in [3.05, 3.63) is 162 Å². The van der Waals surface area contributed by atoms with E-state index in [0.29, 0.717) is 11.8 Å². The van der Waals surface area contributed by atoms with Crippen molar-refractivity contribution >= 4 is 46.0 Å². The first-order chi connectivity index (χ1) is 19.7. The molecule has 8 rings (SSSR count). The van der Waals surface area contributed by atoms with Crippen LogP contribution in [0.25, 0.3) is 34.1 Å². The third-order valence-electron chi connectivity index (χ3n) is 8.71. The molecule has 0 aliphatic heterocycles. The molecule has 0 bridgehead atoms. The summed E-state index contributed by atoms with van der Waals surface area (Å²) in [6.07, 6.45) is 15.9. The van der Waals surface area contributed by atoms with Crippen LogP contribution in [0, 0.1) is 5.92 Å². The first-order valence-corrected chi connectivity index (χ1v) is 15.6. The first kappa shape index (κ1) is 23.4. The van der Waals surface area contributed by atoms with Crippen LogP contribution in [0.5, 0.6) is 0 Å². The van der Waals surface area contributed by atoms with Crippen LogP contribution in [-0.2, 0) is 4.57 Å². The Bertz CT molecular complexity index is 1970. The molecule has 0 spiro atoms. The van der Waals surface area contributed by atoms with E-state index in [9.17, 15) is 0 Å². The molecular formula is C38H27OP. The summed E-state index contributed by atoms with van der Waals surface area (Å²) >= 11 is 0. The summed E-state index contributed by atoms with van der Waals surface area (Å²) in [5.74, 6) is 0.792. The second-order valence-corrected chi connectivity index (χ2v) is 13.6. The number of fused-ring (bicyclic) bond motifs is 1. The van der Waals surface area contributed by atoms with E-state index >= 15 is 4.57 Å². The molecule has 0 saturated heterocycles. The van der Waals surface area contributed by atoms with Crippen molar-refractivity contribution in [3.8, 4) is 11.1 Å². The van der Waals surface area contributed by atoms with Crippen molar-refractivity contribution < 1.29 is 4.57 Å². The molecule has 40 heavy (non-hydrogen) atoms. The van der Waals surface area contributed by atoms with Crippen molar-refractivity contribution in [3.63, 3.8) is 0 Å². The smallest absolute Gasteiger partial charge is 0.171 e. The predicted octanol–water partition coefficient (Wildman–Crippen LogP) is 8.40. The van der Waals surface area contributed by atoms with Gasteiger partial charge in [-0.2, -0.15) is 0 Å². The van der Waals surface area contributed by atoms with Crippen molar-refractivity contribution in [2.24, 2.45) is 5.92 Å². The van der Waals surface area contributed by atoms with Crippen LogP contribution >= 0.6 is 7.14 Å².